The molecule has 21 heavy (non-hydrogen) atoms. The van der Waals surface area contributed by atoms with Gasteiger partial charge in [0.05, 0.1) is 6.61 Å². The Labute approximate surface area is 128 Å². The van der Waals surface area contributed by atoms with Gasteiger partial charge in [0.1, 0.15) is 0 Å². The molecule has 2 aliphatic heterocycles. The second-order valence-electron chi connectivity index (χ2n) is 6.34. The number of ether oxygens (including phenoxy) is 1. The molecule has 1 aromatic carbocycles. The summed E-state index contributed by atoms with van der Waals surface area (Å²) >= 11 is 0. The van der Waals surface area contributed by atoms with Crippen LogP contribution in [0.2, 0.25) is 0 Å². The van der Waals surface area contributed by atoms with Crippen molar-refractivity contribution in [2.24, 2.45) is 0 Å². The van der Waals surface area contributed by atoms with E-state index in [1.807, 2.05) is 0 Å². The molecular weight excluding hydrogens is 260 g/mol. The molecule has 0 spiro atoms. The predicted molar refractivity (Wildman–Crippen MR) is 86.2 cm³/mol. The Morgan fingerprint density at radius 3 is 2.90 bits per heavy atom. The molecule has 3 rings (SSSR count). The van der Waals surface area contributed by atoms with Crippen LogP contribution in [0.3, 0.4) is 0 Å². The lowest BCUT2D eigenvalue weighted by molar-refractivity contribution is 0.133. The minimum Gasteiger partial charge on any atom is -0.377 e. The summed E-state index contributed by atoms with van der Waals surface area (Å²) in [6, 6.07) is 10.2. The van der Waals surface area contributed by atoms with Gasteiger partial charge in [-0.15, -0.1) is 0 Å². The van der Waals surface area contributed by atoms with E-state index in [1.165, 1.54) is 49.9 Å². The van der Waals surface area contributed by atoms with Crippen LogP contribution >= 0.6 is 0 Å². The van der Waals surface area contributed by atoms with Crippen LogP contribution in [0.4, 0.5) is 0 Å². The summed E-state index contributed by atoms with van der Waals surface area (Å²) in [5.74, 6) is 0. The molecule has 1 aromatic rings. The van der Waals surface area contributed by atoms with Crippen molar-refractivity contribution in [1.82, 2.24) is 10.2 Å². The van der Waals surface area contributed by atoms with E-state index in [-0.39, 0.29) is 0 Å². The fraction of sp³-hybridized carbons (Fsp3) is 0.667. The van der Waals surface area contributed by atoms with Gasteiger partial charge in [0.2, 0.25) is 0 Å². The smallest absolute Gasteiger partial charge is 0.0719 e. The molecule has 0 amide bonds. The number of nitrogens with zero attached hydrogens (tertiary/aromatic N) is 1. The van der Waals surface area contributed by atoms with E-state index in [2.05, 4.69) is 41.4 Å². The third kappa shape index (κ3) is 3.85. The highest BCUT2D eigenvalue weighted by Gasteiger charge is 2.31. The van der Waals surface area contributed by atoms with Crippen LogP contribution in [-0.2, 0) is 17.9 Å². The average Bonchev–Trinajstić information content (AvgIpc) is 2.99. The summed E-state index contributed by atoms with van der Waals surface area (Å²) in [5.41, 5.74) is 2.71. The summed E-state index contributed by atoms with van der Waals surface area (Å²) in [4.78, 5) is 2.68. The largest absolute Gasteiger partial charge is 0.377 e. The standard InChI is InChI=1S/C18H28N2O/c1-2-21-14-16-7-4-3-6-15(16)13-19-17-9-11-20-10-5-8-18(20)12-17/h3-4,6-7,17-19H,2,5,8-14H2,1H3. The van der Waals surface area contributed by atoms with Gasteiger partial charge in [0.25, 0.3) is 0 Å². The van der Waals surface area contributed by atoms with Crippen LogP contribution in [0.1, 0.15) is 43.7 Å². The van der Waals surface area contributed by atoms with Gasteiger partial charge in [-0.25, -0.2) is 0 Å². The van der Waals surface area contributed by atoms with Crippen LogP contribution in [0.25, 0.3) is 0 Å². The van der Waals surface area contributed by atoms with Crippen molar-refractivity contribution in [3.8, 4) is 0 Å². The highest BCUT2D eigenvalue weighted by atomic mass is 16.5. The Morgan fingerprint density at radius 2 is 2.05 bits per heavy atom. The summed E-state index contributed by atoms with van der Waals surface area (Å²) in [6.07, 6.45) is 5.42. The molecule has 2 unspecified atom stereocenters. The zero-order chi connectivity index (χ0) is 14.5. The SMILES string of the molecule is CCOCc1ccccc1CNC1CCN2CCCC2C1. The molecule has 2 fully saturated rings. The molecule has 0 saturated carbocycles. The van der Waals surface area contributed by atoms with Crippen LogP contribution < -0.4 is 5.32 Å². The highest BCUT2D eigenvalue weighted by molar-refractivity contribution is 5.26. The molecule has 116 valence electrons. The Balaban J connectivity index is 1.53. The molecule has 2 atom stereocenters. The first-order valence-corrected chi connectivity index (χ1v) is 8.48. The lowest BCUT2D eigenvalue weighted by Gasteiger charge is -2.35. The van der Waals surface area contributed by atoms with Crippen LogP contribution in [0.5, 0.6) is 0 Å². The Kier molecular flexibility index (Phi) is 5.28. The number of benzene rings is 1. The third-order valence-electron chi connectivity index (χ3n) is 4.98. The van der Waals surface area contributed by atoms with E-state index < -0.39 is 0 Å². The highest BCUT2D eigenvalue weighted by Crippen LogP contribution is 2.27. The lowest BCUT2D eigenvalue weighted by Crippen LogP contribution is -2.45. The normalized spacial score (nSPS) is 26.0. The van der Waals surface area contributed by atoms with E-state index >= 15 is 0 Å². The van der Waals surface area contributed by atoms with Crippen molar-refractivity contribution in [3.05, 3.63) is 35.4 Å². The third-order valence-corrected chi connectivity index (χ3v) is 4.98. The topological polar surface area (TPSA) is 24.5 Å². The summed E-state index contributed by atoms with van der Waals surface area (Å²) in [5, 5.41) is 3.79. The van der Waals surface area contributed by atoms with Crippen LogP contribution in [0.15, 0.2) is 24.3 Å². The molecule has 3 nitrogen and oxygen atoms in total. The summed E-state index contributed by atoms with van der Waals surface area (Å²) < 4.78 is 5.57. The number of nitrogens with one attached hydrogen (secondary N) is 1. The van der Waals surface area contributed by atoms with Gasteiger partial charge < -0.3 is 15.0 Å². The minimum atomic E-state index is 0.685. The van der Waals surface area contributed by atoms with E-state index in [0.29, 0.717) is 6.04 Å². The number of hydrogen-bond acceptors (Lipinski definition) is 3. The number of rotatable bonds is 6. The molecule has 0 radical (unpaired) electrons. The van der Waals surface area contributed by atoms with Crippen LogP contribution in [-0.4, -0.2) is 36.7 Å². The van der Waals surface area contributed by atoms with E-state index in [0.717, 1.165) is 25.8 Å². The molecule has 0 bridgehead atoms. The summed E-state index contributed by atoms with van der Waals surface area (Å²) in [6.45, 7) is 7.14. The van der Waals surface area contributed by atoms with Gasteiger partial charge in [-0.2, -0.15) is 0 Å². The first-order valence-electron chi connectivity index (χ1n) is 8.48. The molecule has 2 saturated heterocycles. The zero-order valence-corrected chi connectivity index (χ0v) is 13.2. The Hall–Kier alpha value is -0.900. The van der Waals surface area contributed by atoms with Crippen molar-refractivity contribution in [1.29, 1.82) is 0 Å². The van der Waals surface area contributed by atoms with Crippen molar-refractivity contribution in [2.75, 3.05) is 19.7 Å². The van der Waals surface area contributed by atoms with Gasteiger partial charge in [0.15, 0.2) is 0 Å². The van der Waals surface area contributed by atoms with Crippen molar-refractivity contribution in [3.63, 3.8) is 0 Å². The lowest BCUT2D eigenvalue weighted by atomic mass is 9.97. The quantitative estimate of drug-likeness (QED) is 0.871. The minimum absolute atomic E-state index is 0.685. The van der Waals surface area contributed by atoms with Crippen molar-refractivity contribution >= 4 is 0 Å². The van der Waals surface area contributed by atoms with Crippen molar-refractivity contribution < 1.29 is 4.74 Å². The van der Waals surface area contributed by atoms with E-state index in [4.69, 9.17) is 4.74 Å². The monoisotopic (exact) mass is 288 g/mol. The Bertz CT molecular complexity index is 449. The fourth-order valence-electron chi connectivity index (χ4n) is 3.75. The van der Waals surface area contributed by atoms with E-state index in [1.54, 1.807) is 0 Å². The second kappa shape index (κ2) is 7.39. The first-order chi connectivity index (χ1) is 10.4. The maximum absolute atomic E-state index is 5.57. The molecule has 2 aliphatic rings. The van der Waals surface area contributed by atoms with Gasteiger partial charge in [0, 0.05) is 25.2 Å². The average molecular weight is 288 g/mol. The Morgan fingerprint density at radius 1 is 1.19 bits per heavy atom. The summed E-state index contributed by atoms with van der Waals surface area (Å²) in [7, 11) is 0. The van der Waals surface area contributed by atoms with Crippen LogP contribution in [0, 0.1) is 0 Å². The molecule has 1 N–H and O–H groups in total. The number of fused-ring (bicyclic) bond motifs is 1. The second-order valence-corrected chi connectivity index (χ2v) is 6.34. The van der Waals surface area contributed by atoms with Gasteiger partial charge in [-0.3, -0.25) is 0 Å². The van der Waals surface area contributed by atoms with Gasteiger partial charge in [-0.05, 0) is 56.8 Å². The molecule has 0 aromatic heterocycles. The molecule has 0 aliphatic carbocycles. The first kappa shape index (κ1) is 15.0. The van der Waals surface area contributed by atoms with Gasteiger partial charge >= 0.3 is 0 Å². The predicted octanol–water partition coefficient (Wildman–Crippen LogP) is 2.94. The zero-order valence-electron chi connectivity index (χ0n) is 13.2. The number of hydrogen-bond donors (Lipinski definition) is 1. The fourth-order valence-corrected chi connectivity index (χ4v) is 3.75. The number of piperidine rings is 1. The maximum atomic E-state index is 5.57. The molecule has 3 heteroatoms. The van der Waals surface area contributed by atoms with Gasteiger partial charge in [-0.1, -0.05) is 24.3 Å². The van der Waals surface area contributed by atoms with E-state index in [9.17, 15) is 0 Å². The van der Waals surface area contributed by atoms with Crippen molar-refractivity contribution in [2.45, 2.75) is 57.8 Å². The maximum Gasteiger partial charge on any atom is 0.0719 e. The molecular formula is C18H28N2O. The molecule has 2 heterocycles.